The number of ether oxygens (including phenoxy) is 1. The Morgan fingerprint density at radius 3 is 2.25 bits per heavy atom. The van der Waals surface area contributed by atoms with Crippen LogP contribution in [-0.4, -0.2) is 47.2 Å². The maximum Gasteiger partial charge on any atom is 0.330 e. The Labute approximate surface area is 165 Å². The van der Waals surface area contributed by atoms with E-state index in [4.69, 9.17) is 4.74 Å². The van der Waals surface area contributed by atoms with Crippen molar-refractivity contribution in [1.29, 1.82) is 0 Å². The minimum atomic E-state index is -1.09. The molecule has 2 aromatic carbocycles. The molecule has 0 radical (unpaired) electrons. The van der Waals surface area contributed by atoms with Gasteiger partial charge in [0.05, 0.1) is 12.2 Å². The minimum absolute atomic E-state index is 0.208. The molecule has 1 heterocycles. The van der Waals surface area contributed by atoms with Crippen LogP contribution < -0.4 is 5.32 Å². The second-order valence-corrected chi connectivity index (χ2v) is 7.30. The molecule has 1 amide bonds. The van der Waals surface area contributed by atoms with Gasteiger partial charge in [-0.05, 0) is 37.1 Å². The summed E-state index contributed by atoms with van der Waals surface area (Å²) in [4.78, 5) is 26.4. The molecule has 2 N–H and O–H groups in total. The first-order valence-electron chi connectivity index (χ1n) is 9.47. The van der Waals surface area contributed by atoms with E-state index in [1.54, 1.807) is 42.5 Å². The van der Waals surface area contributed by atoms with E-state index in [-0.39, 0.29) is 12.2 Å². The van der Waals surface area contributed by atoms with Crippen LogP contribution in [0.1, 0.15) is 41.4 Å². The number of nitrogens with one attached hydrogen (secondary N) is 1. The number of amides is 1. The standard InChI is InChI=1S/C22H26N2O4/c1-15-12-24(13-16(2)28-15)14-17-8-10-19(11-9-17)21(25)23-20(22(26)27)18-6-4-3-5-7-18/h3-11,15-16,20H,12-14H2,1-2H3,(H,23,25)(H,26,27)/t15-,16+,20-/m0/s1. The third-order valence-corrected chi connectivity index (χ3v) is 4.77. The first-order valence-corrected chi connectivity index (χ1v) is 9.47. The van der Waals surface area contributed by atoms with Gasteiger partial charge in [0.25, 0.3) is 5.91 Å². The molecule has 1 saturated heterocycles. The molecule has 1 aliphatic rings. The van der Waals surface area contributed by atoms with Gasteiger partial charge in [-0.15, -0.1) is 0 Å². The Morgan fingerprint density at radius 1 is 1.07 bits per heavy atom. The number of nitrogens with zero attached hydrogens (tertiary/aromatic N) is 1. The van der Waals surface area contributed by atoms with E-state index in [0.717, 1.165) is 25.2 Å². The van der Waals surface area contributed by atoms with Crippen molar-refractivity contribution in [3.63, 3.8) is 0 Å². The number of aliphatic carboxylic acids is 1. The fraction of sp³-hybridized carbons (Fsp3) is 0.364. The number of benzene rings is 2. The van der Waals surface area contributed by atoms with Gasteiger partial charge in [0.15, 0.2) is 6.04 Å². The van der Waals surface area contributed by atoms with Crippen LogP contribution in [0, 0.1) is 0 Å². The number of hydrogen-bond acceptors (Lipinski definition) is 4. The quantitative estimate of drug-likeness (QED) is 0.803. The van der Waals surface area contributed by atoms with Gasteiger partial charge in [-0.2, -0.15) is 0 Å². The number of carbonyl (C=O) groups is 2. The van der Waals surface area contributed by atoms with Crippen molar-refractivity contribution in [3.8, 4) is 0 Å². The lowest BCUT2D eigenvalue weighted by Crippen LogP contribution is -2.44. The molecule has 3 atom stereocenters. The summed E-state index contributed by atoms with van der Waals surface area (Å²) in [5.41, 5.74) is 2.08. The first-order chi connectivity index (χ1) is 13.4. The minimum Gasteiger partial charge on any atom is -0.479 e. The molecular formula is C22H26N2O4. The highest BCUT2D eigenvalue weighted by Gasteiger charge is 2.23. The van der Waals surface area contributed by atoms with Crippen molar-refractivity contribution in [2.45, 2.75) is 38.6 Å². The molecule has 0 aliphatic carbocycles. The lowest BCUT2D eigenvalue weighted by molar-refractivity contribution is -0.139. The number of carboxylic acids is 1. The van der Waals surface area contributed by atoms with Gasteiger partial charge in [0, 0.05) is 25.2 Å². The number of carboxylic acid groups (broad SMARTS) is 1. The third kappa shape index (κ3) is 5.18. The summed E-state index contributed by atoms with van der Waals surface area (Å²) in [6, 6.07) is 14.9. The lowest BCUT2D eigenvalue weighted by Gasteiger charge is -2.35. The van der Waals surface area contributed by atoms with Crippen molar-refractivity contribution >= 4 is 11.9 Å². The maximum absolute atomic E-state index is 12.5. The van der Waals surface area contributed by atoms with Crippen LogP contribution in [0.4, 0.5) is 0 Å². The normalized spacial score (nSPS) is 21.1. The van der Waals surface area contributed by atoms with Crippen LogP contribution in [0.3, 0.4) is 0 Å². The van der Waals surface area contributed by atoms with Crippen LogP contribution in [0.5, 0.6) is 0 Å². The van der Waals surface area contributed by atoms with Crippen molar-refractivity contribution in [1.82, 2.24) is 10.2 Å². The molecule has 28 heavy (non-hydrogen) atoms. The zero-order chi connectivity index (χ0) is 20.1. The lowest BCUT2D eigenvalue weighted by atomic mass is 10.1. The Hall–Kier alpha value is -2.70. The van der Waals surface area contributed by atoms with E-state index in [9.17, 15) is 14.7 Å². The Kier molecular flexibility index (Phi) is 6.44. The molecule has 0 unspecified atom stereocenters. The highest BCUT2D eigenvalue weighted by atomic mass is 16.5. The second kappa shape index (κ2) is 8.99. The zero-order valence-corrected chi connectivity index (χ0v) is 16.2. The zero-order valence-electron chi connectivity index (χ0n) is 16.2. The molecule has 3 rings (SSSR count). The van der Waals surface area contributed by atoms with Gasteiger partial charge < -0.3 is 15.2 Å². The Morgan fingerprint density at radius 2 is 1.68 bits per heavy atom. The Bertz CT molecular complexity index is 797. The first kappa shape index (κ1) is 20.0. The van der Waals surface area contributed by atoms with Gasteiger partial charge in [-0.3, -0.25) is 9.69 Å². The number of carbonyl (C=O) groups excluding carboxylic acids is 1. The summed E-state index contributed by atoms with van der Waals surface area (Å²) in [5, 5.41) is 12.1. The topological polar surface area (TPSA) is 78.9 Å². The Balaban J connectivity index is 1.64. The summed E-state index contributed by atoms with van der Waals surface area (Å²) < 4.78 is 5.75. The van der Waals surface area contributed by atoms with Gasteiger partial charge in [-0.25, -0.2) is 4.79 Å². The molecule has 0 spiro atoms. The van der Waals surface area contributed by atoms with Crippen molar-refractivity contribution in [3.05, 3.63) is 71.3 Å². The predicted octanol–water partition coefficient (Wildman–Crippen LogP) is 2.85. The molecule has 1 aliphatic heterocycles. The number of hydrogen-bond donors (Lipinski definition) is 2. The molecule has 0 aromatic heterocycles. The monoisotopic (exact) mass is 382 g/mol. The third-order valence-electron chi connectivity index (χ3n) is 4.77. The molecule has 0 bridgehead atoms. The van der Waals surface area contributed by atoms with Gasteiger partial charge >= 0.3 is 5.97 Å². The average molecular weight is 382 g/mol. The highest BCUT2D eigenvalue weighted by Crippen LogP contribution is 2.16. The van der Waals surface area contributed by atoms with Crippen molar-refractivity contribution in [2.24, 2.45) is 0 Å². The summed E-state index contributed by atoms with van der Waals surface area (Å²) in [7, 11) is 0. The fourth-order valence-corrected chi connectivity index (χ4v) is 3.58. The van der Waals surface area contributed by atoms with E-state index in [1.165, 1.54) is 0 Å². The van der Waals surface area contributed by atoms with E-state index in [2.05, 4.69) is 24.1 Å². The van der Waals surface area contributed by atoms with Crippen molar-refractivity contribution < 1.29 is 19.4 Å². The van der Waals surface area contributed by atoms with Gasteiger partial charge in [-0.1, -0.05) is 42.5 Å². The smallest absolute Gasteiger partial charge is 0.330 e. The van der Waals surface area contributed by atoms with Crippen LogP contribution in [0.15, 0.2) is 54.6 Å². The van der Waals surface area contributed by atoms with Crippen LogP contribution >= 0.6 is 0 Å². The van der Waals surface area contributed by atoms with Gasteiger partial charge in [0.2, 0.25) is 0 Å². The number of morpholine rings is 1. The van der Waals surface area contributed by atoms with Crippen LogP contribution in [-0.2, 0) is 16.1 Å². The van der Waals surface area contributed by atoms with Crippen LogP contribution in [0.2, 0.25) is 0 Å². The highest BCUT2D eigenvalue weighted by molar-refractivity contribution is 5.96. The summed E-state index contributed by atoms with van der Waals surface area (Å²) in [5.74, 6) is -1.50. The summed E-state index contributed by atoms with van der Waals surface area (Å²) in [6.07, 6.45) is 0.416. The van der Waals surface area contributed by atoms with Gasteiger partial charge in [0.1, 0.15) is 0 Å². The molecule has 6 heteroatoms. The molecule has 148 valence electrons. The maximum atomic E-state index is 12.5. The van der Waals surface area contributed by atoms with E-state index in [0.29, 0.717) is 11.1 Å². The van der Waals surface area contributed by atoms with Crippen molar-refractivity contribution in [2.75, 3.05) is 13.1 Å². The molecule has 0 saturated carbocycles. The molecule has 6 nitrogen and oxygen atoms in total. The van der Waals surface area contributed by atoms with E-state index >= 15 is 0 Å². The predicted molar refractivity (Wildman–Crippen MR) is 106 cm³/mol. The molecule has 1 fully saturated rings. The average Bonchev–Trinajstić information content (AvgIpc) is 2.66. The SMILES string of the molecule is C[C@@H]1CN(Cc2ccc(C(=O)N[C@H](C(=O)O)c3ccccc3)cc2)C[C@H](C)O1. The fourth-order valence-electron chi connectivity index (χ4n) is 3.58. The van der Waals surface area contributed by atoms with E-state index in [1.807, 2.05) is 12.1 Å². The number of rotatable bonds is 6. The molecule has 2 aromatic rings. The second-order valence-electron chi connectivity index (χ2n) is 7.30. The van der Waals surface area contributed by atoms with Crippen LogP contribution in [0.25, 0.3) is 0 Å². The summed E-state index contributed by atoms with van der Waals surface area (Å²) in [6.45, 7) is 6.69. The summed E-state index contributed by atoms with van der Waals surface area (Å²) >= 11 is 0. The van der Waals surface area contributed by atoms with E-state index < -0.39 is 17.9 Å². The largest absolute Gasteiger partial charge is 0.479 e. The molecular weight excluding hydrogens is 356 g/mol.